The van der Waals surface area contributed by atoms with Gasteiger partial charge in [-0.25, -0.2) is 4.98 Å². The van der Waals surface area contributed by atoms with E-state index in [1.165, 1.54) is 0 Å². The first-order valence-electron chi connectivity index (χ1n) is 11.3. The minimum atomic E-state index is -0.363. The van der Waals surface area contributed by atoms with E-state index in [0.717, 1.165) is 33.6 Å². The standard InChI is InChI=1S/C28H29N3O2/c1-18(2)24(32)16-21-11-13-22(14-12-21)28(33)30-27(26-19(3)8-7-9-20(26)4)23-17-29-25-10-5-6-15-31(23)25/h5-15,17-18,27H,16H2,1-4H3,(H,30,33). The van der Waals surface area contributed by atoms with Crippen LogP contribution in [0, 0.1) is 19.8 Å². The molecule has 0 saturated carbocycles. The van der Waals surface area contributed by atoms with Gasteiger partial charge in [-0.3, -0.25) is 9.59 Å². The Kier molecular flexibility index (Phi) is 6.40. The van der Waals surface area contributed by atoms with Crippen molar-refractivity contribution in [2.75, 3.05) is 0 Å². The second-order valence-corrected chi connectivity index (χ2v) is 8.82. The Bertz CT molecular complexity index is 1280. The van der Waals surface area contributed by atoms with Crippen LogP contribution in [0.3, 0.4) is 0 Å². The number of aryl methyl sites for hydroxylation is 2. The number of nitrogens with one attached hydrogen (secondary N) is 1. The number of carbonyl (C=O) groups is 2. The largest absolute Gasteiger partial charge is 0.340 e. The van der Waals surface area contributed by atoms with Crippen LogP contribution in [0.5, 0.6) is 0 Å². The van der Waals surface area contributed by atoms with Crippen molar-refractivity contribution in [2.45, 2.75) is 40.2 Å². The number of rotatable bonds is 7. The maximum absolute atomic E-state index is 13.3. The SMILES string of the molecule is Cc1cccc(C)c1C(NC(=O)c1ccc(CC(=O)C(C)C)cc1)c1cnc2ccccn12. The van der Waals surface area contributed by atoms with Crippen LogP contribution in [0.2, 0.25) is 0 Å². The number of hydrogen-bond acceptors (Lipinski definition) is 3. The van der Waals surface area contributed by atoms with Crippen LogP contribution < -0.4 is 5.32 Å². The first-order chi connectivity index (χ1) is 15.8. The molecule has 1 amide bonds. The molecule has 4 rings (SSSR count). The second-order valence-electron chi connectivity index (χ2n) is 8.82. The third-order valence-corrected chi connectivity index (χ3v) is 6.09. The first kappa shape index (κ1) is 22.5. The lowest BCUT2D eigenvalue weighted by Crippen LogP contribution is -2.31. The summed E-state index contributed by atoms with van der Waals surface area (Å²) in [4.78, 5) is 29.9. The van der Waals surface area contributed by atoms with E-state index in [2.05, 4.69) is 36.3 Å². The van der Waals surface area contributed by atoms with E-state index in [4.69, 9.17) is 0 Å². The lowest BCUT2D eigenvalue weighted by atomic mass is 9.93. The van der Waals surface area contributed by atoms with Crippen LogP contribution in [0.15, 0.2) is 73.1 Å². The molecule has 2 aromatic carbocycles. The van der Waals surface area contributed by atoms with Crippen LogP contribution >= 0.6 is 0 Å². The highest BCUT2D eigenvalue weighted by Crippen LogP contribution is 2.29. The summed E-state index contributed by atoms with van der Waals surface area (Å²) in [5, 5.41) is 3.24. The van der Waals surface area contributed by atoms with E-state index in [1.54, 1.807) is 12.1 Å². The number of amides is 1. The zero-order valence-electron chi connectivity index (χ0n) is 19.5. The summed E-state index contributed by atoms with van der Waals surface area (Å²) in [5.41, 5.74) is 6.48. The number of aromatic nitrogens is 2. The van der Waals surface area contributed by atoms with Crippen molar-refractivity contribution in [1.29, 1.82) is 0 Å². The monoisotopic (exact) mass is 439 g/mol. The van der Waals surface area contributed by atoms with Crippen molar-refractivity contribution in [3.05, 3.63) is 107 Å². The van der Waals surface area contributed by atoms with Gasteiger partial charge in [-0.1, -0.05) is 50.2 Å². The molecule has 0 radical (unpaired) electrons. The number of hydrogen-bond donors (Lipinski definition) is 1. The number of pyridine rings is 1. The highest BCUT2D eigenvalue weighted by Gasteiger charge is 2.24. The predicted molar refractivity (Wildman–Crippen MR) is 130 cm³/mol. The van der Waals surface area contributed by atoms with Crippen molar-refractivity contribution < 1.29 is 9.59 Å². The van der Waals surface area contributed by atoms with Crippen molar-refractivity contribution in [3.8, 4) is 0 Å². The molecule has 1 unspecified atom stereocenters. The van der Waals surface area contributed by atoms with Gasteiger partial charge >= 0.3 is 0 Å². The average molecular weight is 440 g/mol. The molecular formula is C28H29N3O2. The Morgan fingerprint density at radius 3 is 2.30 bits per heavy atom. The van der Waals surface area contributed by atoms with Crippen molar-refractivity contribution in [2.24, 2.45) is 5.92 Å². The van der Waals surface area contributed by atoms with Crippen LogP contribution in [0.4, 0.5) is 0 Å². The fourth-order valence-corrected chi connectivity index (χ4v) is 4.14. The molecule has 2 aromatic heterocycles. The number of carbonyl (C=O) groups excluding carboxylic acids is 2. The van der Waals surface area contributed by atoms with Gasteiger partial charge in [0, 0.05) is 24.1 Å². The van der Waals surface area contributed by atoms with Gasteiger partial charge in [0.15, 0.2) is 0 Å². The number of Topliss-reactive ketones (excluding diaryl/α,β-unsaturated/α-hetero) is 1. The molecule has 0 aliphatic rings. The quantitative estimate of drug-likeness (QED) is 0.428. The van der Waals surface area contributed by atoms with Gasteiger partial charge < -0.3 is 9.72 Å². The molecule has 33 heavy (non-hydrogen) atoms. The minimum absolute atomic E-state index is 0.00318. The predicted octanol–water partition coefficient (Wildman–Crippen LogP) is 5.24. The lowest BCUT2D eigenvalue weighted by Gasteiger charge is -2.23. The molecular weight excluding hydrogens is 410 g/mol. The van der Waals surface area contributed by atoms with E-state index in [-0.39, 0.29) is 23.7 Å². The van der Waals surface area contributed by atoms with Gasteiger partial charge in [-0.05, 0) is 60.4 Å². The minimum Gasteiger partial charge on any atom is -0.340 e. The summed E-state index contributed by atoms with van der Waals surface area (Å²) < 4.78 is 2.01. The Morgan fingerprint density at radius 2 is 1.64 bits per heavy atom. The number of fused-ring (bicyclic) bond motifs is 1. The van der Waals surface area contributed by atoms with Gasteiger partial charge in [-0.2, -0.15) is 0 Å². The molecule has 168 valence electrons. The third-order valence-electron chi connectivity index (χ3n) is 6.09. The summed E-state index contributed by atoms with van der Waals surface area (Å²) in [6.45, 7) is 7.92. The molecule has 2 heterocycles. The van der Waals surface area contributed by atoms with Gasteiger partial charge in [0.05, 0.1) is 17.9 Å². The number of imidazole rings is 1. The van der Waals surface area contributed by atoms with Gasteiger partial charge in [0.25, 0.3) is 5.91 Å². The lowest BCUT2D eigenvalue weighted by molar-refractivity contribution is -0.121. The van der Waals surface area contributed by atoms with Crippen molar-refractivity contribution in [1.82, 2.24) is 14.7 Å². The average Bonchev–Trinajstić information content (AvgIpc) is 3.22. The van der Waals surface area contributed by atoms with E-state index in [1.807, 2.05) is 67.0 Å². The molecule has 4 aromatic rings. The molecule has 5 nitrogen and oxygen atoms in total. The van der Waals surface area contributed by atoms with E-state index in [0.29, 0.717) is 12.0 Å². The molecule has 0 aliphatic heterocycles. The summed E-state index contributed by atoms with van der Waals surface area (Å²) in [6, 6.07) is 18.9. The Hall–Kier alpha value is -3.73. The maximum Gasteiger partial charge on any atom is 0.252 e. The van der Waals surface area contributed by atoms with Gasteiger partial charge in [0.1, 0.15) is 11.4 Å². The highest BCUT2D eigenvalue weighted by molar-refractivity contribution is 5.95. The normalized spacial score (nSPS) is 12.2. The molecule has 0 bridgehead atoms. The topological polar surface area (TPSA) is 63.5 Å². The van der Waals surface area contributed by atoms with Crippen molar-refractivity contribution in [3.63, 3.8) is 0 Å². The summed E-state index contributed by atoms with van der Waals surface area (Å²) in [6.07, 6.45) is 4.17. The Labute approximate surface area is 194 Å². The molecule has 1 N–H and O–H groups in total. The number of benzene rings is 2. The zero-order chi connectivity index (χ0) is 23.5. The molecule has 0 saturated heterocycles. The molecule has 1 atom stereocenters. The van der Waals surface area contributed by atoms with Crippen LogP contribution in [-0.2, 0) is 11.2 Å². The molecule has 0 aliphatic carbocycles. The van der Waals surface area contributed by atoms with Crippen LogP contribution in [-0.4, -0.2) is 21.1 Å². The molecule has 5 heteroatoms. The summed E-state index contributed by atoms with van der Waals surface area (Å²) in [5.74, 6) is 0.0155. The highest BCUT2D eigenvalue weighted by atomic mass is 16.1. The van der Waals surface area contributed by atoms with E-state index >= 15 is 0 Å². The smallest absolute Gasteiger partial charge is 0.252 e. The Balaban J connectivity index is 1.67. The molecule has 0 spiro atoms. The summed E-state index contributed by atoms with van der Waals surface area (Å²) in [7, 11) is 0. The van der Waals surface area contributed by atoms with Gasteiger partial charge in [-0.15, -0.1) is 0 Å². The zero-order valence-corrected chi connectivity index (χ0v) is 19.5. The van der Waals surface area contributed by atoms with E-state index < -0.39 is 0 Å². The first-order valence-corrected chi connectivity index (χ1v) is 11.3. The number of ketones is 1. The van der Waals surface area contributed by atoms with Crippen LogP contribution in [0.1, 0.15) is 58.2 Å². The third kappa shape index (κ3) is 4.72. The number of nitrogens with zero attached hydrogens (tertiary/aromatic N) is 2. The fraction of sp³-hybridized carbons (Fsp3) is 0.250. The second kappa shape index (κ2) is 9.41. The van der Waals surface area contributed by atoms with E-state index in [9.17, 15) is 9.59 Å². The van der Waals surface area contributed by atoms with Crippen molar-refractivity contribution >= 4 is 17.3 Å². The molecule has 0 fully saturated rings. The maximum atomic E-state index is 13.3. The summed E-state index contributed by atoms with van der Waals surface area (Å²) >= 11 is 0. The fourth-order valence-electron chi connectivity index (χ4n) is 4.14. The Morgan fingerprint density at radius 1 is 0.939 bits per heavy atom. The van der Waals surface area contributed by atoms with Gasteiger partial charge in [0.2, 0.25) is 0 Å². The van der Waals surface area contributed by atoms with Crippen LogP contribution in [0.25, 0.3) is 5.65 Å².